The first-order valence-electron chi connectivity index (χ1n) is 5.42. The van der Waals surface area contributed by atoms with Gasteiger partial charge in [-0.25, -0.2) is 0 Å². The number of carboxylic acid groups (broad SMARTS) is 1. The van der Waals surface area contributed by atoms with Gasteiger partial charge in [-0.05, 0) is 24.1 Å². The van der Waals surface area contributed by atoms with Crippen molar-refractivity contribution in [2.45, 2.75) is 18.9 Å². The van der Waals surface area contributed by atoms with E-state index in [1.54, 1.807) is 6.08 Å². The maximum atomic E-state index is 10.7. The van der Waals surface area contributed by atoms with E-state index in [-0.39, 0.29) is 12.5 Å². The van der Waals surface area contributed by atoms with Gasteiger partial charge < -0.3 is 10.4 Å². The maximum Gasteiger partial charge on any atom is 0.304 e. The Morgan fingerprint density at radius 3 is 2.65 bits per heavy atom. The van der Waals surface area contributed by atoms with Crippen molar-refractivity contribution in [1.29, 1.82) is 0 Å². The molecule has 0 heterocycles. The van der Waals surface area contributed by atoms with E-state index >= 15 is 0 Å². The third-order valence-corrected chi connectivity index (χ3v) is 2.90. The Bertz CT molecular complexity index is 376. The summed E-state index contributed by atoms with van der Waals surface area (Å²) in [7, 11) is 0. The van der Waals surface area contributed by atoms with Crippen molar-refractivity contribution in [2.75, 3.05) is 6.54 Å². The number of halogens is 1. The monoisotopic (exact) mass is 297 g/mol. The minimum atomic E-state index is -0.788. The quantitative estimate of drug-likeness (QED) is 0.761. The first-order valence-corrected chi connectivity index (χ1v) is 6.21. The van der Waals surface area contributed by atoms with Gasteiger partial charge in [0.15, 0.2) is 0 Å². The van der Waals surface area contributed by atoms with E-state index in [0.717, 1.165) is 10.0 Å². The average Bonchev–Trinajstić information content (AvgIpc) is 2.28. The molecule has 2 N–H and O–H groups in total. The molecule has 1 rings (SSSR count). The second-order valence-corrected chi connectivity index (χ2v) is 4.74. The lowest BCUT2D eigenvalue weighted by Gasteiger charge is -2.15. The second-order valence-electron chi connectivity index (χ2n) is 3.82. The standard InChI is InChI=1S/C13H16BrNO2/c1-2-7-15-12(9-13(16)17)8-10-3-5-11(14)6-4-10/h2-6,12,15H,1,7-9H2,(H,16,17). The van der Waals surface area contributed by atoms with Gasteiger partial charge in [0.05, 0.1) is 6.42 Å². The van der Waals surface area contributed by atoms with Crippen LogP contribution in [0.1, 0.15) is 12.0 Å². The number of hydrogen-bond acceptors (Lipinski definition) is 2. The molecule has 0 spiro atoms. The Labute approximate surface area is 110 Å². The van der Waals surface area contributed by atoms with Crippen LogP contribution in [0.3, 0.4) is 0 Å². The predicted molar refractivity (Wildman–Crippen MR) is 72.1 cm³/mol. The summed E-state index contributed by atoms with van der Waals surface area (Å²) in [5.74, 6) is -0.788. The fourth-order valence-corrected chi connectivity index (χ4v) is 1.85. The summed E-state index contributed by atoms with van der Waals surface area (Å²) >= 11 is 3.37. The van der Waals surface area contributed by atoms with Crippen LogP contribution in [0.25, 0.3) is 0 Å². The van der Waals surface area contributed by atoms with Crippen molar-refractivity contribution in [1.82, 2.24) is 5.32 Å². The van der Waals surface area contributed by atoms with Crippen LogP contribution in [0.15, 0.2) is 41.4 Å². The van der Waals surface area contributed by atoms with Gasteiger partial charge in [0.1, 0.15) is 0 Å². The summed E-state index contributed by atoms with van der Waals surface area (Å²) < 4.78 is 1.02. The molecule has 0 aliphatic rings. The number of rotatable bonds is 7. The molecule has 1 aromatic rings. The first-order chi connectivity index (χ1) is 8.11. The Hall–Kier alpha value is -1.13. The fraction of sp³-hybridized carbons (Fsp3) is 0.308. The molecular formula is C13H16BrNO2. The Kier molecular flexibility index (Phi) is 5.94. The molecule has 0 bridgehead atoms. The lowest BCUT2D eigenvalue weighted by Crippen LogP contribution is -2.33. The molecule has 1 unspecified atom stereocenters. The SMILES string of the molecule is C=CCNC(CC(=O)O)Cc1ccc(Br)cc1. The first kappa shape index (κ1) is 13.9. The molecule has 1 atom stereocenters. The number of hydrogen-bond donors (Lipinski definition) is 2. The van der Waals surface area contributed by atoms with Gasteiger partial charge in [-0.1, -0.05) is 34.1 Å². The minimum absolute atomic E-state index is 0.0633. The number of aliphatic carboxylic acids is 1. The molecule has 0 fully saturated rings. The zero-order valence-corrected chi connectivity index (χ0v) is 11.1. The van der Waals surface area contributed by atoms with Crippen LogP contribution in [0.2, 0.25) is 0 Å². The summed E-state index contributed by atoms with van der Waals surface area (Å²) in [6.45, 7) is 4.23. The lowest BCUT2D eigenvalue weighted by atomic mass is 10.0. The number of carboxylic acids is 1. The Balaban J connectivity index is 2.60. The van der Waals surface area contributed by atoms with Crippen LogP contribution in [-0.4, -0.2) is 23.7 Å². The summed E-state index contributed by atoms with van der Waals surface area (Å²) in [4.78, 5) is 10.7. The third kappa shape index (κ3) is 5.65. The molecule has 4 heteroatoms. The zero-order chi connectivity index (χ0) is 12.7. The largest absolute Gasteiger partial charge is 0.481 e. The van der Waals surface area contributed by atoms with Gasteiger partial charge >= 0.3 is 5.97 Å². The van der Waals surface area contributed by atoms with Crippen LogP contribution in [0.5, 0.6) is 0 Å². The van der Waals surface area contributed by atoms with Crippen molar-refractivity contribution in [3.05, 3.63) is 47.0 Å². The molecule has 0 radical (unpaired) electrons. The summed E-state index contributed by atoms with van der Waals surface area (Å²) in [6, 6.07) is 7.84. The molecule has 3 nitrogen and oxygen atoms in total. The highest BCUT2D eigenvalue weighted by Crippen LogP contribution is 2.12. The van der Waals surface area contributed by atoms with Crippen molar-refractivity contribution in [2.24, 2.45) is 0 Å². The second kappa shape index (κ2) is 7.25. The van der Waals surface area contributed by atoms with Crippen LogP contribution >= 0.6 is 15.9 Å². The van der Waals surface area contributed by atoms with E-state index in [4.69, 9.17) is 5.11 Å². The topological polar surface area (TPSA) is 49.3 Å². The van der Waals surface area contributed by atoms with Crippen molar-refractivity contribution in [3.8, 4) is 0 Å². The van der Waals surface area contributed by atoms with Gasteiger partial charge in [0, 0.05) is 17.1 Å². The van der Waals surface area contributed by atoms with Crippen LogP contribution < -0.4 is 5.32 Å². The highest BCUT2D eigenvalue weighted by atomic mass is 79.9. The summed E-state index contributed by atoms with van der Waals surface area (Å²) in [5, 5.41) is 12.0. The summed E-state index contributed by atoms with van der Waals surface area (Å²) in [5.41, 5.74) is 1.12. The zero-order valence-electron chi connectivity index (χ0n) is 9.53. The number of carbonyl (C=O) groups is 1. The van der Waals surface area contributed by atoms with Crippen molar-refractivity contribution < 1.29 is 9.90 Å². The molecule has 17 heavy (non-hydrogen) atoms. The Morgan fingerprint density at radius 2 is 2.12 bits per heavy atom. The van der Waals surface area contributed by atoms with Crippen LogP contribution in [0, 0.1) is 0 Å². The molecular weight excluding hydrogens is 282 g/mol. The van der Waals surface area contributed by atoms with Gasteiger partial charge in [0.2, 0.25) is 0 Å². The third-order valence-electron chi connectivity index (χ3n) is 2.37. The van der Waals surface area contributed by atoms with Gasteiger partial charge in [0.25, 0.3) is 0 Å². The molecule has 0 aromatic heterocycles. The van der Waals surface area contributed by atoms with Crippen molar-refractivity contribution in [3.63, 3.8) is 0 Å². The highest BCUT2D eigenvalue weighted by molar-refractivity contribution is 9.10. The molecule has 0 aliphatic heterocycles. The van der Waals surface area contributed by atoms with E-state index in [2.05, 4.69) is 27.8 Å². The molecule has 92 valence electrons. The molecule has 1 aromatic carbocycles. The van der Waals surface area contributed by atoms with Gasteiger partial charge in [-0.2, -0.15) is 0 Å². The van der Waals surface area contributed by atoms with Gasteiger partial charge in [-0.3, -0.25) is 4.79 Å². The van der Waals surface area contributed by atoms with E-state index in [0.29, 0.717) is 13.0 Å². The minimum Gasteiger partial charge on any atom is -0.481 e. The fourth-order valence-electron chi connectivity index (χ4n) is 1.58. The van der Waals surface area contributed by atoms with Crippen LogP contribution in [-0.2, 0) is 11.2 Å². The molecule has 0 saturated carbocycles. The highest BCUT2D eigenvalue weighted by Gasteiger charge is 2.12. The predicted octanol–water partition coefficient (Wildman–Crippen LogP) is 2.61. The summed E-state index contributed by atoms with van der Waals surface area (Å²) in [6.07, 6.45) is 2.55. The normalized spacial score (nSPS) is 12.1. The molecule has 0 saturated heterocycles. The van der Waals surface area contributed by atoms with Crippen LogP contribution in [0.4, 0.5) is 0 Å². The van der Waals surface area contributed by atoms with E-state index in [1.807, 2.05) is 24.3 Å². The molecule has 0 amide bonds. The average molecular weight is 298 g/mol. The smallest absolute Gasteiger partial charge is 0.304 e. The van der Waals surface area contributed by atoms with E-state index < -0.39 is 5.97 Å². The lowest BCUT2D eigenvalue weighted by molar-refractivity contribution is -0.137. The van der Waals surface area contributed by atoms with Crippen molar-refractivity contribution >= 4 is 21.9 Å². The van der Waals surface area contributed by atoms with Gasteiger partial charge in [-0.15, -0.1) is 6.58 Å². The molecule has 0 aliphatic carbocycles. The number of benzene rings is 1. The Morgan fingerprint density at radius 1 is 1.47 bits per heavy atom. The number of nitrogens with one attached hydrogen (secondary N) is 1. The van der Waals surface area contributed by atoms with E-state index in [9.17, 15) is 4.79 Å². The van der Waals surface area contributed by atoms with E-state index in [1.165, 1.54) is 0 Å². The maximum absolute atomic E-state index is 10.7.